The van der Waals surface area contributed by atoms with Gasteiger partial charge in [-0.15, -0.1) is 0 Å². The number of methoxy groups -OCH3 is 1. The van der Waals surface area contributed by atoms with E-state index in [2.05, 4.69) is 0 Å². The first-order chi connectivity index (χ1) is 10.5. The van der Waals surface area contributed by atoms with Crippen LogP contribution < -0.4 is 4.90 Å². The molecule has 0 saturated carbocycles. The Morgan fingerprint density at radius 1 is 1.17 bits per heavy atom. The van der Waals surface area contributed by atoms with E-state index in [-0.39, 0.29) is 46.5 Å². The minimum absolute atomic E-state index is 0. The van der Waals surface area contributed by atoms with Crippen molar-refractivity contribution in [3.63, 3.8) is 0 Å². The summed E-state index contributed by atoms with van der Waals surface area (Å²) in [5.41, 5.74) is 1.41. The Morgan fingerprint density at radius 2 is 1.83 bits per heavy atom. The van der Waals surface area contributed by atoms with Crippen molar-refractivity contribution >= 4 is 11.6 Å². The number of hydrogen-bond donors (Lipinski definition) is 0. The van der Waals surface area contributed by atoms with Crippen molar-refractivity contribution in [3.8, 4) is 0 Å². The van der Waals surface area contributed by atoms with Gasteiger partial charge in [-0.2, -0.15) is 0 Å². The number of hydrogen-bond acceptors (Lipinski definition) is 2. The Hall–Kier alpha value is -1.56. The van der Waals surface area contributed by atoms with Crippen LogP contribution in [0.15, 0.2) is 36.4 Å². The standard InChI is InChI=1S/C17H16F2NO2.Ti/c1-12-3-5-13(6-4-12)17(21)20(9-10-22-2)16-8-7-14(18)11-15(16)19;/h3-8H,9-10H2,1-2H3;. The van der Waals surface area contributed by atoms with Gasteiger partial charge in [0.1, 0.15) is 5.82 Å². The van der Waals surface area contributed by atoms with E-state index in [0.717, 1.165) is 11.6 Å². The average Bonchev–Trinajstić information content (AvgIpc) is 2.49. The smallest absolute Gasteiger partial charge is 0.258 e. The third-order valence-corrected chi connectivity index (χ3v) is 3.20. The van der Waals surface area contributed by atoms with Gasteiger partial charge in [0.15, 0.2) is 5.82 Å². The van der Waals surface area contributed by atoms with Gasteiger partial charge in [-0.25, -0.2) is 8.78 Å². The topological polar surface area (TPSA) is 29.5 Å². The zero-order valence-electron chi connectivity index (χ0n) is 12.9. The summed E-state index contributed by atoms with van der Waals surface area (Å²) < 4.78 is 31.9. The number of ether oxygens (including phenoxy) is 1. The van der Waals surface area contributed by atoms with E-state index in [4.69, 9.17) is 4.74 Å². The van der Waals surface area contributed by atoms with Gasteiger partial charge in [0.05, 0.1) is 18.4 Å². The summed E-state index contributed by atoms with van der Waals surface area (Å²) in [5.74, 6) is -2.09. The first kappa shape index (κ1) is 19.5. The SMILES string of the molecule is COCCN(C(=O)c1ccc(C)cc1)c1ccc(F)[c]c1F.[Ti]. The first-order valence-electron chi connectivity index (χ1n) is 6.77. The van der Waals surface area contributed by atoms with Gasteiger partial charge in [0.25, 0.3) is 5.91 Å². The average molecular weight is 352 g/mol. The maximum absolute atomic E-state index is 13.9. The fraction of sp³-hybridized carbons (Fsp3) is 0.235. The van der Waals surface area contributed by atoms with E-state index in [9.17, 15) is 13.6 Å². The molecule has 3 nitrogen and oxygen atoms in total. The summed E-state index contributed by atoms with van der Waals surface area (Å²) in [4.78, 5) is 13.8. The fourth-order valence-electron chi connectivity index (χ4n) is 2.01. The van der Waals surface area contributed by atoms with Crippen LogP contribution in [0.4, 0.5) is 14.5 Å². The summed E-state index contributed by atoms with van der Waals surface area (Å²) in [5, 5.41) is 0. The fourth-order valence-corrected chi connectivity index (χ4v) is 2.01. The van der Waals surface area contributed by atoms with Crippen LogP contribution in [0, 0.1) is 24.6 Å². The Labute approximate surface area is 149 Å². The van der Waals surface area contributed by atoms with Crippen molar-refractivity contribution in [1.82, 2.24) is 0 Å². The summed E-state index contributed by atoms with van der Waals surface area (Å²) in [7, 11) is 1.49. The van der Waals surface area contributed by atoms with Crippen molar-refractivity contribution in [2.75, 3.05) is 25.2 Å². The van der Waals surface area contributed by atoms with Crippen LogP contribution in [0.25, 0.3) is 0 Å². The van der Waals surface area contributed by atoms with Crippen LogP contribution in [0.1, 0.15) is 15.9 Å². The van der Waals surface area contributed by atoms with Crippen LogP contribution in [0.2, 0.25) is 0 Å². The molecule has 1 radical (unpaired) electrons. The quantitative estimate of drug-likeness (QED) is 0.773. The van der Waals surface area contributed by atoms with Crippen LogP contribution >= 0.6 is 0 Å². The molecule has 2 rings (SSSR count). The van der Waals surface area contributed by atoms with Crippen molar-refractivity contribution < 1.29 is 40.0 Å². The van der Waals surface area contributed by atoms with E-state index in [1.165, 1.54) is 18.1 Å². The van der Waals surface area contributed by atoms with E-state index in [1.807, 2.05) is 13.0 Å². The summed E-state index contributed by atoms with van der Waals surface area (Å²) in [6, 6.07) is 11.2. The number of carbonyl (C=O) groups excluding carboxylic acids is 1. The third kappa shape index (κ3) is 4.96. The second-order valence-electron chi connectivity index (χ2n) is 4.82. The molecule has 0 aliphatic rings. The minimum Gasteiger partial charge on any atom is -0.383 e. The molecule has 0 bridgehead atoms. The molecule has 23 heavy (non-hydrogen) atoms. The summed E-state index contributed by atoms with van der Waals surface area (Å²) in [6.07, 6.45) is 0. The van der Waals surface area contributed by atoms with Gasteiger partial charge < -0.3 is 9.64 Å². The van der Waals surface area contributed by atoms with Gasteiger partial charge in [-0.05, 0) is 31.2 Å². The molecule has 2 aromatic carbocycles. The van der Waals surface area contributed by atoms with Crippen LogP contribution in [-0.2, 0) is 26.5 Å². The Kier molecular flexibility index (Phi) is 7.56. The number of anilines is 1. The minimum atomic E-state index is -0.906. The monoisotopic (exact) mass is 352 g/mol. The van der Waals surface area contributed by atoms with Crippen LogP contribution in [-0.4, -0.2) is 26.2 Å². The van der Waals surface area contributed by atoms with Gasteiger partial charge in [0, 0.05) is 40.9 Å². The van der Waals surface area contributed by atoms with E-state index in [0.29, 0.717) is 5.56 Å². The number of nitrogens with zero attached hydrogens (tertiary/aromatic N) is 1. The molecule has 0 spiro atoms. The van der Waals surface area contributed by atoms with Crippen molar-refractivity contribution in [2.24, 2.45) is 0 Å². The maximum Gasteiger partial charge on any atom is 0.258 e. The number of benzene rings is 2. The molecule has 1 amide bonds. The Bertz CT molecular complexity index is 662. The molecule has 0 aliphatic heterocycles. The van der Waals surface area contributed by atoms with Gasteiger partial charge >= 0.3 is 0 Å². The molecule has 0 unspecified atom stereocenters. The molecule has 0 heterocycles. The number of halogens is 2. The Balaban J connectivity index is 0.00000264. The summed E-state index contributed by atoms with van der Waals surface area (Å²) >= 11 is 0. The molecule has 119 valence electrons. The van der Waals surface area contributed by atoms with E-state index < -0.39 is 11.6 Å². The molecule has 2 aromatic rings. The van der Waals surface area contributed by atoms with Crippen LogP contribution in [0.5, 0.6) is 0 Å². The van der Waals surface area contributed by atoms with E-state index in [1.54, 1.807) is 24.3 Å². The molecular formula is C17H16F2NO2Ti. The number of aryl methyl sites for hydroxylation is 1. The predicted octanol–water partition coefficient (Wildman–Crippen LogP) is 3.36. The molecule has 0 atom stereocenters. The summed E-state index contributed by atoms with van der Waals surface area (Å²) in [6.45, 7) is 2.29. The molecule has 0 N–H and O–H groups in total. The van der Waals surface area contributed by atoms with Crippen molar-refractivity contribution in [1.29, 1.82) is 0 Å². The Morgan fingerprint density at radius 3 is 2.39 bits per heavy atom. The van der Waals surface area contributed by atoms with Gasteiger partial charge in [0.2, 0.25) is 0 Å². The second-order valence-corrected chi connectivity index (χ2v) is 4.82. The molecule has 0 aromatic heterocycles. The molecule has 0 saturated heterocycles. The van der Waals surface area contributed by atoms with Crippen molar-refractivity contribution in [3.05, 3.63) is 65.2 Å². The zero-order valence-corrected chi connectivity index (χ0v) is 14.5. The van der Waals surface area contributed by atoms with Crippen molar-refractivity contribution in [2.45, 2.75) is 6.92 Å². The number of carbonyl (C=O) groups is 1. The molecule has 6 heteroatoms. The molecule has 0 aliphatic carbocycles. The predicted molar refractivity (Wildman–Crippen MR) is 79.9 cm³/mol. The first-order valence-corrected chi connectivity index (χ1v) is 6.77. The number of rotatable bonds is 5. The molecular weight excluding hydrogens is 336 g/mol. The third-order valence-electron chi connectivity index (χ3n) is 3.20. The van der Waals surface area contributed by atoms with E-state index >= 15 is 0 Å². The van der Waals surface area contributed by atoms with Gasteiger partial charge in [-0.1, -0.05) is 17.7 Å². The van der Waals surface area contributed by atoms with Gasteiger partial charge in [-0.3, -0.25) is 4.79 Å². The largest absolute Gasteiger partial charge is 0.383 e. The van der Waals surface area contributed by atoms with Crippen LogP contribution in [0.3, 0.4) is 0 Å². The second kappa shape index (κ2) is 8.92. The molecule has 0 fully saturated rings. The normalized spacial score (nSPS) is 10.1. The maximum atomic E-state index is 13.9. The number of amides is 1. The zero-order chi connectivity index (χ0) is 16.1.